The number of ether oxygens (including phenoxy) is 1. The smallest absolute Gasteiger partial charge is 0.305 e. The molecule has 0 aliphatic carbocycles. The Balaban J connectivity index is 1.81. The summed E-state index contributed by atoms with van der Waals surface area (Å²) in [5.41, 5.74) is 0.333. The lowest BCUT2D eigenvalue weighted by Crippen LogP contribution is -2.25. The number of methoxy groups -OCH3 is 1. The number of furan rings is 1. The fourth-order valence-corrected chi connectivity index (χ4v) is 4.07. The van der Waals surface area contributed by atoms with Crippen molar-refractivity contribution in [3.63, 3.8) is 0 Å². The maximum atomic E-state index is 12.5. The van der Waals surface area contributed by atoms with Gasteiger partial charge in [-0.05, 0) is 31.0 Å². The van der Waals surface area contributed by atoms with Crippen molar-refractivity contribution in [1.82, 2.24) is 5.32 Å². The van der Waals surface area contributed by atoms with Crippen LogP contribution >= 0.6 is 0 Å². The number of hydrogen-bond acceptors (Lipinski definition) is 6. The van der Waals surface area contributed by atoms with Crippen molar-refractivity contribution in [1.29, 1.82) is 0 Å². The average molecular weight is 407 g/mol. The molecule has 1 aromatic carbocycles. The monoisotopic (exact) mass is 407 g/mol. The lowest BCUT2D eigenvalue weighted by Gasteiger charge is -2.07. The fraction of sp³-hybridized carbons (Fsp3) is 0.400. The van der Waals surface area contributed by atoms with Gasteiger partial charge in [-0.25, -0.2) is 8.42 Å². The molecule has 0 aliphatic heterocycles. The Bertz CT molecular complexity index is 873. The van der Waals surface area contributed by atoms with Gasteiger partial charge in [-0.15, -0.1) is 0 Å². The van der Waals surface area contributed by atoms with E-state index in [4.69, 9.17) is 4.42 Å². The molecule has 28 heavy (non-hydrogen) atoms. The highest BCUT2D eigenvalue weighted by atomic mass is 32.2. The number of amides is 1. The molecule has 2 aromatic rings. The number of carbonyl (C=O) groups is 2. The summed E-state index contributed by atoms with van der Waals surface area (Å²) >= 11 is 0. The maximum absolute atomic E-state index is 12.5. The maximum Gasteiger partial charge on any atom is 0.305 e. The zero-order valence-electron chi connectivity index (χ0n) is 15.8. The number of hydrogen-bond donors (Lipinski definition) is 1. The van der Waals surface area contributed by atoms with Gasteiger partial charge in [0.05, 0.1) is 24.0 Å². The minimum absolute atomic E-state index is 0.0187. The minimum atomic E-state index is -3.56. The summed E-state index contributed by atoms with van der Waals surface area (Å²) in [5.74, 6) is -0.934. The fourth-order valence-electron chi connectivity index (χ4n) is 2.70. The van der Waals surface area contributed by atoms with Gasteiger partial charge in [-0.2, -0.15) is 0 Å². The molecule has 2 rings (SSSR count). The first kappa shape index (κ1) is 21.7. The summed E-state index contributed by atoms with van der Waals surface area (Å²) < 4.78 is 34.8. The number of nitrogens with one attached hydrogen (secondary N) is 1. The molecule has 0 fully saturated rings. The molecule has 1 amide bonds. The van der Waals surface area contributed by atoms with Gasteiger partial charge >= 0.3 is 5.97 Å². The summed E-state index contributed by atoms with van der Waals surface area (Å²) in [4.78, 5) is 23.5. The third-order valence-electron chi connectivity index (χ3n) is 4.22. The quantitative estimate of drug-likeness (QED) is 0.453. The Hall–Kier alpha value is -2.61. The highest BCUT2D eigenvalue weighted by molar-refractivity contribution is 7.90. The summed E-state index contributed by atoms with van der Waals surface area (Å²) in [6.45, 7) is 0.447. The van der Waals surface area contributed by atoms with Crippen LogP contribution in [0.5, 0.6) is 0 Å². The van der Waals surface area contributed by atoms with Gasteiger partial charge in [0.2, 0.25) is 0 Å². The number of unbranched alkanes of at least 4 members (excludes halogenated alkanes) is 3. The second kappa shape index (κ2) is 10.7. The van der Waals surface area contributed by atoms with E-state index in [1.54, 1.807) is 18.2 Å². The second-order valence-electron chi connectivity index (χ2n) is 6.34. The molecule has 0 spiro atoms. The van der Waals surface area contributed by atoms with Gasteiger partial charge in [0.15, 0.2) is 15.6 Å². The summed E-state index contributed by atoms with van der Waals surface area (Å²) in [7, 11) is -2.19. The third kappa shape index (κ3) is 6.53. The zero-order valence-corrected chi connectivity index (χ0v) is 16.7. The van der Waals surface area contributed by atoms with E-state index < -0.39 is 15.7 Å². The molecule has 0 saturated heterocycles. The molecule has 0 bridgehead atoms. The standard InChI is InChI=1S/C20H25NO6S/c1-26-18(22)11-7-2-3-8-13-21-20(23)19-16(12-14-27-19)15-28(24,25)17-9-5-4-6-10-17/h4-6,9-10,12,14H,2-3,7-8,11,13,15H2,1H3,(H,21,23). The second-order valence-corrected chi connectivity index (χ2v) is 8.33. The van der Waals surface area contributed by atoms with Crippen LogP contribution in [0.3, 0.4) is 0 Å². The number of carbonyl (C=O) groups excluding carboxylic acids is 2. The molecule has 0 aliphatic rings. The van der Waals surface area contributed by atoms with E-state index in [0.29, 0.717) is 18.5 Å². The van der Waals surface area contributed by atoms with E-state index in [2.05, 4.69) is 10.1 Å². The highest BCUT2D eigenvalue weighted by Crippen LogP contribution is 2.20. The topological polar surface area (TPSA) is 103 Å². The van der Waals surface area contributed by atoms with Gasteiger partial charge in [-0.3, -0.25) is 9.59 Å². The first-order chi connectivity index (χ1) is 13.4. The molecule has 1 N–H and O–H groups in total. The predicted octanol–water partition coefficient (Wildman–Crippen LogP) is 3.11. The molecule has 0 saturated carbocycles. The predicted molar refractivity (Wildman–Crippen MR) is 103 cm³/mol. The van der Waals surface area contributed by atoms with Crippen LogP contribution in [0.4, 0.5) is 0 Å². The van der Waals surface area contributed by atoms with Gasteiger partial charge in [0.1, 0.15) is 0 Å². The first-order valence-electron chi connectivity index (χ1n) is 9.13. The number of rotatable bonds is 11. The van der Waals surface area contributed by atoms with E-state index in [1.807, 2.05) is 0 Å². The Morgan fingerprint density at radius 1 is 1.04 bits per heavy atom. The lowest BCUT2D eigenvalue weighted by atomic mass is 10.1. The molecule has 1 aromatic heterocycles. The summed E-state index contributed by atoms with van der Waals surface area (Å²) in [6, 6.07) is 9.60. The van der Waals surface area contributed by atoms with Crippen LogP contribution in [0.25, 0.3) is 0 Å². The van der Waals surface area contributed by atoms with Crippen molar-refractivity contribution < 1.29 is 27.2 Å². The number of sulfone groups is 1. The van der Waals surface area contributed by atoms with E-state index in [9.17, 15) is 18.0 Å². The SMILES string of the molecule is COC(=O)CCCCCCNC(=O)c1occc1CS(=O)(=O)c1ccccc1. The molecule has 8 heteroatoms. The molecule has 7 nitrogen and oxygen atoms in total. The van der Waals surface area contributed by atoms with Gasteiger partial charge in [0, 0.05) is 18.5 Å². The van der Waals surface area contributed by atoms with E-state index in [1.165, 1.54) is 31.6 Å². The Morgan fingerprint density at radius 3 is 2.46 bits per heavy atom. The Morgan fingerprint density at radius 2 is 1.75 bits per heavy atom. The van der Waals surface area contributed by atoms with Crippen LogP contribution in [-0.2, 0) is 25.1 Å². The van der Waals surface area contributed by atoms with Gasteiger partial charge in [-0.1, -0.05) is 31.0 Å². The third-order valence-corrected chi connectivity index (χ3v) is 5.90. The van der Waals surface area contributed by atoms with Crippen molar-refractivity contribution in [3.05, 3.63) is 54.0 Å². The van der Waals surface area contributed by atoms with Crippen molar-refractivity contribution >= 4 is 21.7 Å². The van der Waals surface area contributed by atoms with Gasteiger partial charge < -0.3 is 14.5 Å². The minimum Gasteiger partial charge on any atom is -0.469 e. The van der Waals surface area contributed by atoms with Crippen molar-refractivity contribution in [3.8, 4) is 0 Å². The van der Waals surface area contributed by atoms with Crippen LogP contribution in [0, 0.1) is 0 Å². The molecule has 0 radical (unpaired) electrons. The van der Waals surface area contributed by atoms with Crippen molar-refractivity contribution in [2.45, 2.75) is 42.8 Å². The van der Waals surface area contributed by atoms with Crippen LogP contribution in [0.1, 0.15) is 48.2 Å². The van der Waals surface area contributed by atoms with E-state index >= 15 is 0 Å². The molecule has 0 unspecified atom stereocenters. The lowest BCUT2D eigenvalue weighted by molar-refractivity contribution is -0.140. The van der Waals surface area contributed by atoms with Crippen LogP contribution < -0.4 is 5.32 Å². The Kier molecular flexibility index (Phi) is 8.25. The van der Waals surface area contributed by atoms with Crippen LogP contribution in [0.2, 0.25) is 0 Å². The van der Waals surface area contributed by atoms with Crippen molar-refractivity contribution in [2.75, 3.05) is 13.7 Å². The molecule has 0 atom stereocenters. The molecular weight excluding hydrogens is 382 g/mol. The highest BCUT2D eigenvalue weighted by Gasteiger charge is 2.22. The summed E-state index contributed by atoms with van der Waals surface area (Å²) in [6.07, 6.45) is 4.95. The van der Waals surface area contributed by atoms with Gasteiger partial charge in [0.25, 0.3) is 5.91 Å². The van der Waals surface area contributed by atoms with E-state index in [0.717, 1.165) is 25.7 Å². The zero-order chi connectivity index (χ0) is 20.4. The Labute approximate surface area is 165 Å². The average Bonchev–Trinajstić information content (AvgIpc) is 3.15. The van der Waals surface area contributed by atoms with Crippen LogP contribution in [0.15, 0.2) is 52.0 Å². The summed E-state index contributed by atoms with van der Waals surface area (Å²) in [5, 5.41) is 2.74. The molecular formula is C20H25NO6S. The largest absolute Gasteiger partial charge is 0.469 e. The van der Waals surface area contributed by atoms with Crippen LogP contribution in [-0.4, -0.2) is 33.9 Å². The van der Waals surface area contributed by atoms with Crippen molar-refractivity contribution in [2.24, 2.45) is 0 Å². The molecule has 1 heterocycles. The normalized spacial score (nSPS) is 11.2. The first-order valence-corrected chi connectivity index (χ1v) is 10.8. The number of benzene rings is 1. The van der Waals surface area contributed by atoms with E-state index in [-0.39, 0.29) is 22.4 Å². The number of esters is 1. The molecule has 152 valence electrons.